The Morgan fingerprint density at radius 1 is 1.70 bits per heavy atom. The summed E-state index contributed by atoms with van der Waals surface area (Å²) in [7, 11) is 0. The Bertz CT molecular complexity index is 155. The first-order chi connectivity index (χ1) is 4.38. The predicted octanol–water partition coefficient (Wildman–Crippen LogP) is -0.461. The summed E-state index contributed by atoms with van der Waals surface area (Å²) in [5.74, 6) is 0.0162. The van der Waals surface area contributed by atoms with E-state index >= 15 is 0 Å². The van der Waals surface area contributed by atoms with E-state index in [1.165, 1.54) is 6.42 Å². The minimum absolute atomic E-state index is 0. The van der Waals surface area contributed by atoms with Crippen LogP contribution in [-0.2, 0) is 29.6 Å². The maximum atomic E-state index is 10.8. The van der Waals surface area contributed by atoms with Crippen molar-refractivity contribution < 1.29 is 29.6 Å². The van der Waals surface area contributed by atoms with Gasteiger partial charge in [0.05, 0.1) is 6.04 Å². The molecule has 53 valence electrons. The van der Waals surface area contributed by atoms with Gasteiger partial charge >= 0.3 is 15.8 Å². The topological polar surface area (TPSA) is 29.5 Å². The molecular weight excluding hydrogens is 317 g/mol. The first-order valence-electron chi connectivity index (χ1n) is 3.17. The Kier molecular flexibility index (Phi) is 2.94. The maximum Gasteiger partial charge on any atom is 0.666 e. The van der Waals surface area contributed by atoms with Crippen LogP contribution in [0.1, 0.15) is 12.8 Å². The molecule has 0 bridgehead atoms. The van der Waals surface area contributed by atoms with Gasteiger partial charge in [0.1, 0.15) is 0 Å². The van der Waals surface area contributed by atoms with Gasteiger partial charge in [-0.1, -0.05) is 0 Å². The fraction of sp³-hybridized carbons (Fsp3) is 0.800. The number of nitrogens with zero attached hydrogens (tertiary/aromatic N) is 1. The molecule has 0 unspecified atom stereocenters. The third-order valence-corrected chi connectivity index (χ3v) is 3.10. The van der Waals surface area contributed by atoms with E-state index in [1.807, 2.05) is 0 Å². The Morgan fingerprint density at radius 2 is 2.50 bits per heavy atom. The van der Waals surface area contributed by atoms with E-state index < -0.39 is 0 Å². The number of carbonyl (C=O) groups excluding carboxylic acids is 1. The number of hydrogen-bond acceptors (Lipinski definition) is 3. The van der Waals surface area contributed by atoms with Crippen molar-refractivity contribution in [3.05, 3.63) is 0 Å². The van der Waals surface area contributed by atoms with Crippen LogP contribution in [0.25, 0.3) is 0 Å². The molecule has 0 aliphatic carbocycles. The summed E-state index contributed by atoms with van der Waals surface area (Å²) in [6.07, 6.45) is 2.19. The second-order valence-electron chi connectivity index (χ2n) is 2.44. The second kappa shape index (κ2) is 3.36. The first kappa shape index (κ1) is 8.74. The zero-order valence-electron chi connectivity index (χ0n) is 5.45. The monoisotopic (exact) mass is 324 g/mol. The van der Waals surface area contributed by atoms with Crippen molar-refractivity contribution in [2.45, 2.75) is 18.9 Å². The van der Waals surface area contributed by atoms with E-state index in [-0.39, 0.29) is 48.9 Å². The average molecular weight is 324 g/mol. The Balaban J connectivity index is 0.000000500. The first-order valence-corrected chi connectivity index (χ1v) is 4.16. The molecule has 3 nitrogen and oxygen atoms in total. The van der Waals surface area contributed by atoms with E-state index in [0.717, 1.165) is 13.0 Å². The molecule has 2 heterocycles. The van der Waals surface area contributed by atoms with Crippen molar-refractivity contribution in [3.63, 3.8) is 0 Å². The summed E-state index contributed by atoms with van der Waals surface area (Å²) in [5, 5.41) is 0. The molecule has 0 aromatic rings. The molecule has 0 spiro atoms. The van der Waals surface area contributed by atoms with Gasteiger partial charge in [0, 0.05) is 21.1 Å². The van der Waals surface area contributed by atoms with E-state index in [2.05, 4.69) is 3.88 Å². The smallest absolute Gasteiger partial charge is 0.608 e. The number of fused-ring (bicyclic) bond motifs is 1. The van der Waals surface area contributed by atoms with Crippen molar-refractivity contribution in [2.75, 3.05) is 6.54 Å². The van der Waals surface area contributed by atoms with Crippen LogP contribution in [0.3, 0.4) is 0 Å². The molecule has 5 heteroatoms. The van der Waals surface area contributed by atoms with Crippen LogP contribution in [0.5, 0.6) is 0 Å². The molecule has 2 fully saturated rings. The van der Waals surface area contributed by atoms with Crippen LogP contribution in [0.4, 0.5) is 0 Å². The normalized spacial score (nSPS) is 30.4. The average Bonchev–Trinajstić information content (AvgIpc) is 2.35. The zero-order chi connectivity index (χ0) is 6.27. The quantitative estimate of drug-likeness (QED) is 0.565. The molecule has 2 aliphatic rings. The summed E-state index contributed by atoms with van der Waals surface area (Å²) in [4.78, 5) is 10.8. The van der Waals surface area contributed by atoms with Gasteiger partial charge in [-0.3, -0.25) is 4.79 Å². The van der Waals surface area contributed by atoms with Crippen LogP contribution >= 0.6 is 0 Å². The van der Waals surface area contributed by atoms with Crippen molar-refractivity contribution in [1.82, 2.24) is 3.88 Å². The molecule has 2 saturated heterocycles. The van der Waals surface area contributed by atoms with Gasteiger partial charge in [0.15, 0.2) is 0 Å². The SMILES string of the molecule is O=C1[O][Al][N]2CCC[C@@H]12.[W]. The maximum absolute atomic E-state index is 10.8. The molecule has 1 radical (unpaired) electrons. The Labute approximate surface area is 80.6 Å². The van der Waals surface area contributed by atoms with Crippen molar-refractivity contribution in [1.29, 1.82) is 0 Å². The molecule has 10 heavy (non-hydrogen) atoms. The largest absolute Gasteiger partial charge is 0.666 e. The molecule has 2 aliphatic heterocycles. The van der Waals surface area contributed by atoms with Crippen molar-refractivity contribution in [3.8, 4) is 0 Å². The summed E-state index contributed by atoms with van der Waals surface area (Å²) in [5.41, 5.74) is 0. The molecule has 1 atom stereocenters. The fourth-order valence-corrected chi connectivity index (χ4v) is 2.47. The summed E-state index contributed by atoms with van der Waals surface area (Å²) >= 11 is -0.142. The van der Waals surface area contributed by atoms with E-state index in [0.29, 0.717) is 0 Å². The third kappa shape index (κ3) is 1.31. The molecule has 2 rings (SSSR count). The molecule has 0 saturated carbocycles. The van der Waals surface area contributed by atoms with E-state index in [1.54, 1.807) is 0 Å². The Hall–Kier alpha value is 0.651. The fourth-order valence-electron chi connectivity index (χ4n) is 1.37. The molecule has 0 N–H and O–H groups in total. The third-order valence-electron chi connectivity index (χ3n) is 1.87. The van der Waals surface area contributed by atoms with Gasteiger partial charge < -0.3 is 7.67 Å². The van der Waals surface area contributed by atoms with Crippen molar-refractivity contribution in [2.24, 2.45) is 0 Å². The van der Waals surface area contributed by atoms with Gasteiger partial charge in [0.25, 0.3) is 5.97 Å². The minimum atomic E-state index is -0.142. The summed E-state index contributed by atoms with van der Waals surface area (Å²) in [6.45, 7) is 1.08. The van der Waals surface area contributed by atoms with Crippen LogP contribution in [0.2, 0.25) is 0 Å². The van der Waals surface area contributed by atoms with Crippen LogP contribution in [0, 0.1) is 0 Å². The van der Waals surface area contributed by atoms with Gasteiger partial charge in [0.2, 0.25) is 0 Å². The Morgan fingerprint density at radius 3 is 3.20 bits per heavy atom. The van der Waals surface area contributed by atoms with Gasteiger partial charge in [-0.05, 0) is 19.4 Å². The molecule has 0 amide bonds. The van der Waals surface area contributed by atoms with E-state index in [4.69, 9.17) is 3.79 Å². The van der Waals surface area contributed by atoms with Gasteiger partial charge in [-0.15, -0.1) is 0 Å². The van der Waals surface area contributed by atoms with Gasteiger partial charge in [-0.25, -0.2) is 0 Å². The molecule has 0 aromatic heterocycles. The van der Waals surface area contributed by atoms with Crippen LogP contribution in [-0.4, -0.2) is 38.2 Å². The summed E-state index contributed by atoms with van der Waals surface area (Å²) < 4.78 is 7.06. The van der Waals surface area contributed by atoms with Gasteiger partial charge in [-0.2, -0.15) is 0 Å². The number of carbonyl (C=O) groups is 1. The number of rotatable bonds is 0. The minimum Gasteiger partial charge on any atom is -0.608 e. The van der Waals surface area contributed by atoms with Crippen LogP contribution in [0.15, 0.2) is 0 Å². The molecule has 0 aromatic carbocycles. The van der Waals surface area contributed by atoms with Crippen LogP contribution < -0.4 is 0 Å². The van der Waals surface area contributed by atoms with Crippen molar-refractivity contribution >= 4 is 21.7 Å². The zero-order valence-corrected chi connectivity index (χ0v) is 9.54. The summed E-state index contributed by atoms with van der Waals surface area (Å²) in [6, 6.07) is 0.153. The number of hydrogen-bond donors (Lipinski definition) is 0. The predicted molar refractivity (Wildman–Crippen MR) is 31.6 cm³/mol. The standard InChI is InChI=1S/C5H8NO2.Al.W/c7-5(8)4-2-1-3-6-4;;/h4H,1-3H2,(H,7,8);;/q-1;+2;/p-1/t4-;;/m0../s1. The second-order valence-corrected chi connectivity index (χ2v) is 3.55. The van der Waals surface area contributed by atoms with E-state index in [9.17, 15) is 4.79 Å². The molecular formula is C5H7AlNO2W.